The minimum Gasteiger partial charge on any atom is -0.385 e. The number of alkyl halides is 3. The van der Waals surface area contributed by atoms with Crippen LogP contribution in [0, 0.1) is 6.92 Å². The first kappa shape index (κ1) is 14.3. The Morgan fingerprint density at radius 2 is 1.95 bits per heavy atom. The lowest BCUT2D eigenvalue weighted by Crippen LogP contribution is -2.45. The van der Waals surface area contributed by atoms with Gasteiger partial charge in [-0.15, -0.1) is 0 Å². The molecule has 1 N–H and O–H groups in total. The highest BCUT2D eigenvalue weighted by Gasteiger charge is 2.45. The van der Waals surface area contributed by atoms with Crippen molar-refractivity contribution in [3.8, 4) is 0 Å². The number of benzene rings is 1. The van der Waals surface area contributed by atoms with Crippen LogP contribution in [0.1, 0.15) is 42.1 Å². The lowest BCUT2D eigenvalue weighted by Gasteiger charge is -2.44. The van der Waals surface area contributed by atoms with Crippen LogP contribution >= 0.6 is 0 Å². The molecule has 2 nitrogen and oxygen atoms in total. The molecule has 5 heteroatoms. The highest BCUT2D eigenvalue weighted by Crippen LogP contribution is 2.45. The molecule has 0 aliphatic heterocycles. The van der Waals surface area contributed by atoms with Crippen molar-refractivity contribution in [2.24, 2.45) is 0 Å². The Hall–Kier alpha value is -1.07. The molecule has 1 fully saturated rings. The highest BCUT2D eigenvalue weighted by atomic mass is 19.4. The van der Waals surface area contributed by atoms with Crippen molar-refractivity contribution in [3.05, 3.63) is 34.9 Å². The van der Waals surface area contributed by atoms with Gasteiger partial charge in [0.25, 0.3) is 0 Å². The Morgan fingerprint density at radius 1 is 1.32 bits per heavy atom. The fourth-order valence-electron chi connectivity index (χ4n) is 2.56. The first-order valence-corrected chi connectivity index (χ1v) is 6.21. The second-order valence-corrected chi connectivity index (χ2v) is 5.09. The van der Waals surface area contributed by atoms with E-state index in [9.17, 15) is 18.3 Å². The fraction of sp³-hybridized carbons (Fsp3) is 0.571. The standard InChI is InChI=1S/C14H17F3O2/c1-9-8-10(14(15,16)17)4-5-11(9)12(18)13(19-2)6-3-7-13/h4-5,8,12,18H,3,6-7H2,1-2H3. The number of aliphatic hydroxyl groups excluding tert-OH is 1. The van der Waals surface area contributed by atoms with E-state index in [1.807, 2.05) is 0 Å². The molecule has 1 aromatic carbocycles. The number of halogens is 3. The zero-order valence-corrected chi connectivity index (χ0v) is 10.9. The normalized spacial score (nSPS) is 19.9. The highest BCUT2D eigenvalue weighted by molar-refractivity contribution is 5.35. The molecule has 0 amide bonds. The average Bonchev–Trinajstić information content (AvgIpc) is 2.26. The molecule has 1 aliphatic rings. The Kier molecular flexibility index (Phi) is 3.62. The maximum atomic E-state index is 12.6. The third-order valence-electron chi connectivity index (χ3n) is 4.00. The predicted molar refractivity (Wildman–Crippen MR) is 64.7 cm³/mol. The number of aliphatic hydroxyl groups is 1. The Balaban J connectivity index is 2.31. The molecule has 19 heavy (non-hydrogen) atoms. The van der Waals surface area contributed by atoms with Crippen LogP contribution in [0.5, 0.6) is 0 Å². The summed E-state index contributed by atoms with van der Waals surface area (Å²) < 4.78 is 43.1. The topological polar surface area (TPSA) is 29.5 Å². The van der Waals surface area contributed by atoms with E-state index in [0.717, 1.165) is 31.4 Å². The Labute approximate surface area is 110 Å². The second-order valence-electron chi connectivity index (χ2n) is 5.09. The number of hydrogen-bond donors (Lipinski definition) is 1. The summed E-state index contributed by atoms with van der Waals surface area (Å²) in [7, 11) is 1.53. The van der Waals surface area contributed by atoms with Gasteiger partial charge in [-0.05, 0) is 49.4 Å². The predicted octanol–water partition coefficient (Wildman–Crippen LogP) is 3.62. The van der Waals surface area contributed by atoms with Crippen LogP contribution in [0.15, 0.2) is 18.2 Å². The minimum atomic E-state index is -4.36. The molecular formula is C14H17F3O2. The lowest BCUT2D eigenvalue weighted by molar-refractivity contribution is -0.152. The summed E-state index contributed by atoms with van der Waals surface area (Å²) in [5.74, 6) is 0. The molecule has 0 spiro atoms. The van der Waals surface area contributed by atoms with Gasteiger partial charge in [0.2, 0.25) is 0 Å². The monoisotopic (exact) mass is 274 g/mol. The van der Waals surface area contributed by atoms with Crippen LogP contribution in [0.2, 0.25) is 0 Å². The maximum absolute atomic E-state index is 12.6. The van der Waals surface area contributed by atoms with Crippen LogP contribution in [-0.2, 0) is 10.9 Å². The van der Waals surface area contributed by atoms with Crippen molar-refractivity contribution < 1.29 is 23.0 Å². The van der Waals surface area contributed by atoms with E-state index in [4.69, 9.17) is 4.74 Å². The lowest BCUT2D eigenvalue weighted by atomic mass is 9.73. The molecule has 0 aromatic heterocycles. The van der Waals surface area contributed by atoms with Crippen LogP contribution in [0.25, 0.3) is 0 Å². The number of rotatable bonds is 3. The van der Waals surface area contributed by atoms with Gasteiger partial charge in [-0.2, -0.15) is 13.2 Å². The Bertz CT molecular complexity index is 459. The summed E-state index contributed by atoms with van der Waals surface area (Å²) in [6.45, 7) is 1.58. The number of aryl methyl sites for hydroxylation is 1. The first-order chi connectivity index (χ1) is 8.80. The summed E-state index contributed by atoms with van der Waals surface area (Å²) in [6, 6.07) is 3.43. The van der Waals surface area contributed by atoms with Crippen molar-refractivity contribution in [2.75, 3.05) is 7.11 Å². The summed E-state index contributed by atoms with van der Waals surface area (Å²) in [5.41, 5.74) is -0.383. The van der Waals surface area contributed by atoms with Gasteiger partial charge < -0.3 is 9.84 Å². The van der Waals surface area contributed by atoms with Crippen molar-refractivity contribution in [3.63, 3.8) is 0 Å². The van der Waals surface area contributed by atoms with Gasteiger partial charge in [-0.25, -0.2) is 0 Å². The molecule has 0 heterocycles. The van der Waals surface area contributed by atoms with Gasteiger partial charge in [0.05, 0.1) is 11.2 Å². The number of ether oxygens (including phenoxy) is 1. The molecule has 1 saturated carbocycles. The zero-order chi connectivity index (χ0) is 14.3. The number of hydrogen-bond acceptors (Lipinski definition) is 2. The molecule has 106 valence electrons. The second kappa shape index (κ2) is 4.80. The van der Waals surface area contributed by atoms with E-state index in [2.05, 4.69) is 0 Å². The summed E-state index contributed by atoms with van der Waals surface area (Å²) in [6.07, 6.45) is -2.82. The van der Waals surface area contributed by atoms with Gasteiger partial charge in [-0.3, -0.25) is 0 Å². The van der Waals surface area contributed by atoms with Gasteiger partial charge in [0.1, 0.15) is 6.10 Å². The first-order valence-electron chi connectivity index (χ1n) is 6.21. The van der Waals surface area contributed by atoms with E-state index < -0.39 is 23.4 Å². The number of methoxy groups -OCH3 is 1. The van der Waals surface area contributed by atoms with Gasteiger partial charge in [-0.1, -0.05) is 6.07 Å². The van der Waals surface area contributed by atoms with E-state index in [-0.39, 0.29) is 0 Å². The molecule has 1 aromatic rings. The van der Waals surface area contributed by atoms with E-state index in [1.165, 1.54) is 13.2 Å². The van der Waals surface area contributed by atoms with Crippen molar-refractivity contribution in [2.45, 2.75) is 44.1 Å². The smallest absolute Gasteiger partial charge is 0.385 e. The van der Waals surface area contributed by atoms with Crippen LogP contribution in [0.3, 0.4) is 0 Å². The zero-order valence-electron chi connectivity index (χ0n) is 10.9. The molecule has 0 radical (unpaired) electrons. The summed E-state index contributed by atoms with van der Waals surface area (Å²) >= 11 is 0. The van der Waals surface area contributed by atoms with E-state index in [1.54, 1.807) is 6.92 Å². The van der Waals surface area contributed by atoms with Crippen LogP contribution < -0.4 is 0 Å². The molecule has 0 bridgehead atoms. The SMILES string of the molecule is COC1(C(O)c2ccc(C(F)(F)F)cc2C)CCC1. The van der Waals surface area contributed by atoms with Crippen LogP contribution in [0.4, 0.5) is 13.2 Å². The van der Waals surface area contributed by atoms with Gasteiger partial charge >= 0.3 is 6.18 Å². The maximum Gasteiger partial charge on any atom is 0.416 e. The van der Waals surface area contributed by atoms with Crippen molar-refractivity contribution in [1.82, 2.24) is 0 Å². The molecule has 1 atom stereocenters. The molecular weight excluding hydrogens is 257 g/mol. The Morgan fingerprint density at radius 3 is 2.32 bits per heavy atom. The van der Waals surface area contributed by atoms with E-state index >= 15 is 0 Å². The minimum absolute atomic E-state index is 0.436. The molecule has 1 aliphatic carbocycles. The average molecular weight is 274 g/mol. The van der Waals surface area contributed by atoms with Gasteiger partial charge in [0, 0.05) is 7.11 Å². The summed E-state index contributed by atoms with van der Waals surface area (Å²) in [4.78, 5) is 0. The van der Waals surface area contributed by atoms with E-state index in [0.29, 0.717) is 11.1 Å². The molecule has 0 saturated heterocycles. The summed E-state index contributed by atoms with van der Waals surface area (Å²) in [5, 5.41) is 10.4. The third-order valence-corrected chi connectivity index (χ3v) is 4.00. The van der Waals surface area contributed by atoms with Crippen molar-refractivity contribution in [1.29, 1.82) is 0 Å². The third kappa shape index (κ3) is 2.49. The van der Waals surface area contributed by atoms with Crippen molar-refractivity contribution >= 4 is 0 Å². The largest absolute Gasteiger partial charge is 0.416 e. The molecule has 1 unspecified atom stereocenters. The van der Waals surface area contributed by atoms with Crippen LogP contribution in [-0.4, -0.2) is 17.8 Å². The van der Waals surface area contributed by atoms with Gasteiger partial charge in [0.15, 0.2) is 0 Å². The molecule has 2 rings (SSSR count). The fourth-order valence-corrected chi connectivity index (χ4v) is 2.56. The quantitative estimate of drug-likeness (QED) is 0.912.